The number of likely N-dealkylation sites (tertiary alicyclic amines) is 1. The first-order valence-electron chi connectivity index (χ1n) is 9.95. The summed E-state index contributed by atoms with van der Waals surface area (Å²) in [5.41, 5.74) is 0.0467. The summed E-state index contributed by atoms with van der Waals surface area (Å²) in [6.07, 6.45) is 1.35. The van der Waals surface area contributed by atoms with E-state index in [2.05, 4.69) is 11.8 Å². The Hall–Kier alpha value is -2.81. The van der Waals surface area contributed by atoms with Crippen molar-refractivity contribution in [3.05, 3.63) is 35.9 Å². The molecule has 1 aliphatic rings. The highest BCUT2D eigenvalue weighted by Gasteiger charge is 2.48. The first-order valence-corrected chi connectivity index (χ1v) is 9.95. The number of esters is 1. The van der Waals surface area contributed by atoms with Crippen LogP contribution in [0.25, 0.3) is 0 Å². The third-order valence-electron chi connectivity index (χ3n) is 4.34. The van der Waals surface area contributed by atoms with Crippen LogP contribution in [0.1, 0.15) is 58.9 Å². The number of amides is 2. The average Bonchev–Trinajstić information content (AvgIpc) is 2.99. The molecule has 29 heavy (non-hydrogen) atoms. The predicted octanol–water partition coefficient (Wildman–Crippen LogP) is 4.08. The normalized spacial score (nSPS) is 18.8. The van der Waals surface area contributed by atoms with Gasteiger partial charge in [0.05, 0.1) is 5.92 Å². The zero-order chi connectivity index (χ0) is 21.4. The second kappa shape index (κ2) is 10.1. The molecule has 0 spiro atoms. The molecule has 1 fully saturated rings. The van der Waals surface area contributed by atoms with E-state index in [0.717, 1.165) is 23.3 Å². The minimum Gasteiger partial charge on any atom is -0.459 e. The van der Waals surface area contributed by atoms with Crippen LogP contribution in [-0.4, -0.2) is 34.5 Å². The van der Waals surface area contributed by atoms with E-state index in [1.54, 1.807) is 20.8 Å². The maximum absolute atomic E-state index is 12.8. The van der Waals surface area contributed by atoms with Gasteiger partial charge < -0.3 is 9.47 Å². The number of carbonyl (C=O) groups excluding carboxylic acids is 3. The van der Waals surface area contributed by atoms with Crippen molar-refractivity contribution in [3.63, 3.8) is 0 Å². The Bertz CT molecular complexity index is 785. The fourth-order valence-electron chi connectivity index (χ4n) is 2.96. The second-order valence-corrected chi connectivity index (χ2v) is 8.04. The van der Waals surface area contributed by atoms with Gasteiger partial charge in [-0.15, -0.1) is 11.8 Å². The lowest BCUT2D eigenvalue weighted by molar-refractivity contribution is -0.152. The van der Waals surface area contributed by atoms with E-state index in [0.29, 0.717) is 6.42 Å². The van der Waals surface area contributed by atoms with Crippen molar-refractivity contribution in [1.82, 2.24) is 4.90 Å². The topological polar surface area (TPSA) is 72.9 Å². The van der Waals surface area contributed by atoms with Crippen molar-refractivity contribution in [3.8, 4) is 11.8 Å². The van der Waals surface area contributed by atoms with E-state index in [1.165, 1.54) is 0 Å². The largest absolute Gasteiger partial charge is 0.459 e. The third-order valence-corrected chi connectivity index (χ3v) is 4.34. The molecule has 0 N–H and O–H groups in total. The summed E-state index contributed by atoms with van der Waals surface area (Å²) >= 11 is 0. The summed E-state index contributed by atoms with van der Waals surface area (Å²) in [5.74, 6) is 4.41. The van der Waals surface area contributed by atoms with Crippen LogP contribution in [0.15, 0.2) is 30.3 Å². The molecule has 0 bridgehead atoms. The Labute approximate surface area is 172 Å². The Morgan fingerprint density at radius 1 is 1.17 bits per heavy atom. The highest BCUT2D eigenvalue weighted by molar-refractivity contribution is 6.00. The van der Waals surface area contributed by atoms with Gasteiger partial charge in [-0.05, 0) is 39.2 Å². The monoisotopic (exact) mass is 399 g/mol. The van der Waals surface area contributed by atoms with Crippen molar-refractivity contribution in [2.75, 3.05) is 0 Å². The molecule has 0 aromatic heterocycles. The second-order valence-electron chi connectivity index (χ2n) is 8.04. The van der Waals surface area contributed by atoms with E-state index in [-0.39, 0.29) is 13.0 Å². The summed E-state index contributed by atoms with van der Waals surface area (Å²) in [5, 5.41) is 0. The molecular formula is C23H29NO5. The van der Waals surface area contributed by atoms with Crippen molar-refractivity contribution in [2.24, 2.45) is 5.92 Å². The van der Waals surface area contributed by atoms with Crippen LogP contribution in [0.2, 0.25) is 0 Å². The van der Waals surface area contributed by atoms with Crippen LogP contribution >= 0.6 is 0 Å². The van der Waals surface area contributed by atoms with Gasteiger partial charge in [0, 0.05) is 12.8 Å². The number of hydrogen-bond donors (Lipinski definition) is 0. The summed E-state index contributed by atoms with van der Waals surface area (Å²) in [7, 11) is 0. The van der Waals surface area contributed by atoms with Gasteiger partial charge in [-0.25, -0.2) is 14.5 Å². The molecule has 156 valence electrons. The van der Waals surface area contributed by atoms with E-state index >= 15 is 0 Å². The van der Waals surface area contributed by atoms with Crippen molar-refractivity contribution in [1.29, 1.82) is 0 Å². The molecule has 0 unspecified atom stereocenters. The van der Waals surface area contributed by atoms with Gasteiger partial charge in [0.25, 0.3) is 0 Å². The number of imide groups is 1. The van der Waals surface area contributed by atoms with E-state index in [4.69, 9.17) is 9.47 Å². The number of benzene rings is 1. The molecule has 2 atom stereocenters. The lowest BCUT2D eigenvalue weighted by atomic mass is 10.0. The quantitative estimate of drug-likeness (QED) is 0.551. The molecule has 2 amide bonds. The van der Waals surface area contributed by atoms with Crippen LogP contribution in [0.4, 0.5) is 4.79 Å². The zero-order valence-corrected chi connectivity index (χ0v) is 17.6. The van der Waals surface area contributed by atoms with Crippen molar-refractivity contribution >= 4 is 18.0 Å². The van der Waals surface area contributed by atoms with E-state index in [1.807, 2.05) is 37.3 Å². The molecule has 1 heterocycles. The zero-order valence-electron chi connectivity index (χ0n) is 17.6. The van der Waals surface area contributed by atoms with Gasteiger partial charge in [-0.2, -0.15) is 0 Å². The van der Waals surface area contributed by atoms with Gasteiger partial charge in [0.2, 0.25) is 5.91 Å². The SMILES string of the molecule is CCCC#CC[C@@H]1C[C@@H](C(=O)OCc2ccccc2)N(C(=O)OC(C)(C)C)C1=O. The molecule has 1 aliphatic heterocycles. The molecule has 6 nitrogen and oxygen atoms in total. The highest BCUT2D eigenvalue weighted by Crippen LogP contribution is 2.30. The van der Waals surface area contributed by atoms with Gasteiger partial charge in [-0.1, -0.05) is 37.3 Å². The van der Waals surface area contributed by atoms with Gasteiger partial charge in [0.1, 0.15) is 18.2 Å². The van der Waals surface area contributed by atoms with Gasteiger partial charge in [-0.3, -0.25) is 4.79 Å². The fraction of sp³-hybridized carbons (Fsp3) is 0.522. The Morgan fingerprint density at radius 2 is 1.86 bits per heavy atom. The Balaban J connectivity index is 2.13. The highest BCUT2D eigenvalue weighted by atomic mass is 16.6. The molecule has 0 radical (unpaired) electrons. The van der Waals surface area contributed by atoms with E-state index in [9.17, 15) is 14.4 Å². The molecule has 1 aromatic rings. The van der Waals surface area contributed by atoms with E-state index < -0.39 is 35.5 Å². The number of nitrogens with zero attached hydrogens (tertiary/aromatic N) is 1. The first kappa shape index (κ1) is 22.5. The molecule has 2 rings (SSSR count). The molecular weight excluding hydrogens is 370 g/mol. The minimum absolute atomic E-state index is 0.0769. The standard InChI is InChI=1S/C23H29NO5/c1-5-6-7-11-14-18-15-19(21(26)28-16-17-12-9-8-10-13-17)24(20(18)25)22(27)29-23(2,3)4/h8-10,12-13,18-19H,5-6,14-16H2,1-4H3/t18-,19+/m1/s1. The van der Waals surface area contributed by atoms with Crippen LogP contribution < -0.4 is 0 Å². The average molecular weight is 399 g/mol. The minimum atomic E-state index is -1.00. The van der Waals surface area contributed by atoms with Gasteiger partial charge >= 0.3 is 12.1 Å². The number of hydrogen-bond acceptors (Lipinski definition) is 5. The van der Waals surface area contributed by atoms with Gasteiger partial charge in [0.15, 0.2) is 0 Å². The molecule has 6 heteroatoms. The molecule has 0 aliphatic carbocycles. The van der Waals surface area contributed by atoms with Crippen LogP contribution in [0, 0.1) is 17.8 Å². The number of unbranched alkanes of at least 4 members (excludes halogenated alkanes) is 1. The maximum atomic E-state index is 12.8. The number of carbonyl (C=O) groups is 3. The van der Waals surface area contributed by atoms with Crippen molar-refractivity contribution in [2.45, 2.75) is 71.6 Å². The maximum Gasteiger partial charge on any atom is 0.417 e. The van der Waals surface area contributed by atoms with Crippen molar-refractivity contribution < 1.29 is 23.9 Å². The third kappa shape index (κ3) is 6.63. The number of rotatable bonds is 5. The molecule has 1 aromatic carbocycles. The number of ether oxygens (including phenoxy) is 2. The molecule has 1 saturated heterocycles. The first-order chi connectivity index (χ1) is 13.7. The Morgan fingerprint density at radius 3 is 2.48 bits per heavy atom. The lowest BCUT2D eigenvalue weighted by Crippen LogP contribution is -2.46. The van der Waals surface area contributed by atoms with Crippen LogP contribution in [0.3, 0.4) is 0 Å². The summed E-state index contributed by atoms with van der Waals surface area (Å²) in [6.45, 7) is 7.23. The summed E-state index contributed by atoms with van der Waals surface area (Å²) < 4.78 is 10.7. The lowest BCUT2D eigenvalue weighted by Gasteiger charge is -2.26. The fourth-order valence-corrected chi connectivity index (χ4v) is 2.96. The predicted molar refractivity (Wildman–Crippen MR) is 109 cm³/mol. The Kier molecular flexibility index (Phi) is 7.83. The summed E-state index contributed by atoms with van der Waals surface area (Å²) in [6, 6.07) is 8.24. The van der Waals surface area contributed by atoms with Crippen LogP contribution in [-0.2, 0) is 25.7 Å². The molecule has 0 saturated carbocycles. The van der Waals surface area contributed by atoms with Crippen LogP contribution in [0.5, 0.6) is 0 Å². The summed E-state index contributed by atoms with van der Waals surface area (Å²) in [4.78, 5) is 39.1. The smallest absolute Gasteiger partial charge is 0.417 e.